The van der Waals surface area contributed by atoms with Crippen LogP contribution in [0, 0.1) is 17.8 Å². The molecule has 1 atom stereocenters. The zero-order valence-corrected chi connectivity index (χ0v) is 9.39. The monoisotopic (exact) mass is 169 g/mol. The van der Waals surface area contributed by atoms with E-state index in [2.05, 4.69) is 39.6 Å². The summed E-state index contributed by atoms with van der Waals surface area (Å²) in [5.74, 6) is 2.13. The fourth-order valence-electron chi connectivity index (χ4n) is 1.15. The lowest BCUT2D eigenvalue weighted by molar-refractivity contribution is 0.428. The predicted molar refractivity (Wildman–Crippen MR) is 56.8 cm³/mol. The average molecular weight is 169 g/mol. The summed E-state index contributed by atoms with van der Waals surface area (Å²) in [5, 5.41) is 0. The summed E-state index contributed by atoms with van der Waals surface area (Å²) in [6.07, 6.45) is 1.16. The van der Waals surface area contributed by atoms with Crippen LogP contribution in [0.5, 0.6) is 0 Å². The van der Waals surface area contributed by atoms with Gasteiger partial charge in [-0.15, -0.1) is 0 Å². The molecule has 0 aliphatic carbocycles. The van der Waals surface area contributed by atoms with Gasteiger partial charge in [-0.25, -0.2) is 0 Å². The molecule has 0 aliphatic heterocycles. The summed E-state index contributed by atoms with van der Waals surface area (Å²) in [7, 11) is 1.91. The maximum Gasteiger partial charge on any atom is 0.0276 e. The second-order valence-corrected chi connectivity index (χ2v) is 4.30. The highest BCUT2D eigenvalue weighted by Gasteiger charge is 2.12. The predicted octanol–water partition coefficient (Wildman–Crippen LogP) is 3.40. The van der Waals surface area contributed by atoms with Gasteiger partial charge in [0.15, 0.2) is 0 Å². The van der Waals surface area contributed by atoms with Gasteiger partial charge in [0.1, 0.15) is 0 Å². The quantitative estimate of drug-likeness (QED) is 0.572. The van der Waals surface area contributed by atoms with Crippen LogP contribution in [-0.2, 0) is 0 Å². The minimum atomic E-state index is 0.608. The van der Waals surface area contributed by atoms with Crippen molar-refractivity contribution in [3.05, 3.63) is 0 Å². The number of hydrogen-bond donors (Lipinski definition) is 0. The molecule has 0 amide bonds. The molecule has 0 spiro atoms. The third kappa shape index (κ3) is 3.89. The summed E-state index contributed by atoms with van der Waals surface area (Å²) in [5.41, 5.74) is 1.36. The van der Waals surface area contributed by atoms with E-state index in [1.807, 2.05) is 7.05 Å². The first-order chi connectivity index (χ1) is 5.49. The molecule has 0 aliphatic rings. The fraction of sp³-hybridized carbons (Fsp3) is 0.909. The van der Waals surface area contributed by atoms with Crippen molar-refractivity contribution >= 4 is 5.71 Å². The minimum absolute atomic E-state index is 0.608. The van der Waals surface area contributed by atoms with E-state index in [4.69, 9.17) is 0 Å². The lowest BCUT2D eigenvalue weighted by Gasteiger charge is -2.18. The Morgan fingerprint density at radius 2 is 1.58 bits per heavy atom. The van der Waals surface area contributed by atoms with Crippen molar-refractivity contribution in [2.24, 2.45) is 22.7 Å². The lowest BCUT2D eigenvalue weighted by atomic mass is 9.89. The Labute approximate surface area is 77.3 Å². The number of rotatable bonds is 4. The van der Waals surface area contributed by atoms with Crippen molar-refractivity contribution < 1.29 is 0 Å². The van der Waals surface area contributed by atoms with E-state index in [0.717, 1.165) is 18.3 Å². The van der Waals surface area contributed by atoms with Crippen LogP contribution in [0.25, 0.3) is 0 Å². The van der Waals surface area contributed by atoms with Gasteiger partial charge in [0, 0.05) is 12.8 Å². The summed E-state index contributed by atoms with van der Waals surface area (Å²) >= 11 is 0. The van der Waals surface area contributed by atoms with Gasteiger partial charge in [-0.2, -0.15) is 0 Å². The van der Waals surface area contributed by atoms with Crippen molar-refractivity contribution in [2.75, 3.05) is 7.05 Å². The van der Waals surface area contributed by atoms with Gasteiger partial charge in [0.05, 0.1) is 0 Å². The third-order valence-electron chi connectivity index (χ3n) is 2.62. The van der Waals surface area contributed by atoms with Crippen LogP contribution < -0.4 is 0 Å². The number of hydrogen-bond acceptors (Lipinski definition) is 1. The Balaban J connectivity index is 4.05. The average Bonchev–Trinajstić information content (AvgIpc) is 1.98. The third-order valence-corrected chi connectivity index (χ3v) is 2.62. The number of aliphatic imine (C=N–C) groups is 1. The van der Waals surface area contributed by atoms with Crippen LogP contribution in [0.3, 0.4) is 0 Å². The minimum Gasteiger partial charge on any atom is -0.297 e. The van der Waals surface area contributed by atoms with Gasteiger partial charge in [0.2, 0.25) is 0 Å². The SMILES string of the molecule is C/N=C(\CC(C)C(C)C)C(C)C. The van der Waals surface area contributed by atoms with E-state index >= 15 is 0 Å². The molecule has 0 aromatic carbocycles. The van der Waals surface area contributed by atoms with Gasteiger partial charge in [-0.1, -0.05) is 34.6 Å². The standard InChI is InChI=1S/C11H23N/c1-8(2)10(5)7-11(12-6)9(3)4/h8-10H,7H2,1-6H3/b12-11+. The van der Waals surface area contributed by atoms with Crippen LogP contribution >= 0.6 is 0 Å². The van der Waals surface area contributed by atoms with Crippen LogP contribution in [0.2, 0.25) is 0 Å². The maximum absolute atomic E-state index is 4.33. The van der Waals surface area contributed by atoms with E-state index in [9.17, 15) is 0 Å². The Kier molecular flexibility index (Phi) is 5.19. The van der Waals surface area contributed by atoms with Crippen molar-refractivity contribution in [3.8, 4) is 0 Å². The highest BCUT2D eigenvalue weighted by Crippen LogP contribution is 2.17. The van der Waals surface area contributed by atoms with E-state index in [0.29, 0.717) is 5.92 Å². The zero-order chi connectivity index (χ0) is 9.72. The molecule has 12 heavy (non-hydrogen) atoms. The molecule has 0 bridgehead atoms. The first kappa shape index (κ1) is 11.7. The highest BCUT2D eigenvalue weighted by atomic mass is 14.7. The topological polar surface area (TPSA) is 12.4 Å². The first-order valence-corrected chi connectivity index (χ1v) is 4.94. The molecular formula is C11H23N. The molecule has 0 aromatic rings. The van der Waals surface area contributed by atoms with Crippen LogP contribution in [0.1, 0.15) is 41.0 Å². The van der Waals surface area contributed by atoms with E-state index < -0.39 is 0 Å². The molecule has 0 saturated carbocycles. The van der Waals surface area contributed by atoms with Crippen molar-refractivity contribution in [3.63, 3.8) is 0 Å². The molecule has 0 fully saturated rings. The first-order valence-electron chi connectivity index (χ1n) is 4.94. The van der Waals surface area contributed by atoms with Crippen molar-refractivity contribution in [2.45, 2.75) is 41.0 Å². The van der Waals surface area contributed by atoms with Crippen LogP contribution in [0.15, 0.2) is 4.99 Å². The largest absolute Gasteiger partial charge is 0.297 e. The molecule has 1 heteroatoms. The maximum atomic E-state index is 4.33. The second-order valence-electron chi connectivity index (χ2n) is 4.30. The van der Waals surface area contributed by atoms with Gasteiger partial charge in [-0.05, 0) is 24.2 Å². The van der Waals surface area contributed by atoms with E-state index in [-0.39, 0.29) is 0 Å². The lowest BCUT2D eigenvalue weighted by Crippen LogP contribution is -2.15. The zero-order valence-electron chi connectivity index (χ0n) is 9.39. The number of nitrogens with zero attached hydrogens (tertiary/aromatic N) is 1. The summed E-state index contributed by atoms with van der Waals surface area (Å²) in [6, 6.07) is 0. The van der Waals surface area contributed by atoms with E-state index in [1.165, 1.54) is 5.71 Å². The summed E-state index contributed by atoms with van der Waals surface area (Å²) in [6.45, 7) is 11.3. The van der Waals surface area contributed by atoms with E-state index in [1.54, 1.807) is 0 Å². The van der Waals surface area contributed by atoms with Gasteiger partial charge < -0.3 is 0 Å². The van der Waals surface area contributed by atoms with Crippen LogP contribution in [0.4, 0.5) is 0 Å². The fourth-order valence-corrected chi connectivity index (χ4v) is 1.15. The molecule has 0 radical (unpaired) electrons. The normalized spacial score (nSPS) is 15.8. The Bertz CT molecular complexity index is 145. The molecule has 0 N–H and O–H groups in total. The Hall–Kier alpha value is -0.330. The molecular weight excluding hydrogens is 146 g/mol. The van der Waals surface area contributed by atoms with Gasteiger partial charge in [0.25, 0.3) is 0 Å². The summed E-state index contributed by atoms with van der Waals surface area (Å²) < 4.78 is 0. The molecule has 72 valence electrons. The molecule has 0 aromatic heterocycles. The Morgan fingerprint density at radius 1 is 1.08 bits per heavy atom. The van der Waals surface area contributed by atoms with Crippen molar-refractivity contribution in [1.82, 2.24) is 0 Å². The van der Waals surface area contributed by atoms with Crippen molar-refractivity contribution in [1.29, 1.82) is 0 Å². The second kappa shape index (κ2) is 5.34. The highest BCUT2D eigenvalue weighted by molar-refractivity contribution is 5.86. The van der Waals surface area contributed by atoms with Gasteiger partial charge in [-0.3, -0.25) is 4.99 Å². The molecule has 1 unspecified atom stereocenters. The molecule has 0 rings (SSSR count). The molecule has 1 nitrogen and oxygen atoms in total. The molecule has 0 heterocycles. The Morgan fingerprint density at radius 3 is 1.83 bits per heavy atom. The smallest absolute Gasteiger partial charge is 0.0276 e. The van der Waals surface area contributed by atoms with Crippen LogP contribution in [-0.4, -0.2) is 12.8 Å². The van der Waals surface area contributed by atoms with Gasteiger partial charge >= 0.3 is 0 Å². The molecule has 0 saturated heterocycles. The summed E-state index contributed by atoms with van der Waals surface area (Å²) in [4.78, 5) is 4.33.